The lowest BCUT2D eigenvalue weighted by atomic mass is 9.91. The van der Waals surface area contributed by atoms with Crippen molar-refractivity contribution in [2.24, 2.45) is 11.8 Å². The van der Waals surface area contributed by atoms with Crippen LogP contribution in [0.4, 0.5) is 0 Å². The Kier molecular flexibility index (Phi) is 5.38. The number of hydrogen-bond donors (Lipinski definition) is 0. The Morgan fingerprint density at radius 1 is 0.893 bits per heavy atom. The molecule has 4 nitrogen and oxygen atoms in total. The minimum absolute atomic E-state index is 0.0136. The van der Waals surface area contributed by atoms with Crippen molar-refractivity contribution in [2.45, 2.75) is 33.6 Å². The summed E-state index contributed by atoms with van der Waals surface area (Å²) in [6.07, 6.45) is 1.58. The zero-order valence-electron chi connectivity index (χ0n) is 15.8. The van der Waals surface area contributed by atoms with E-state index in [0.29, 0.717) is 0 Å². The summed E-state index contributed by atoms with van der Waals surface area (Å²) in [4.78, 5) is 0.0272. The first-order valence-corrected chi connectivity index (χ1v) is 12.0. The van der Waals surface area contributed by atoms with Crippen molar-refractivity contribution < 1.29 is 16.8 Å². The summed E-state index contributed by atoms with van der Waals surface area (Å²) >= 11 is 0. The van der Waals surface area contributed by atoms with Crippen LogP contribution in [0.15, 0.2) is 95.3 Å². The zero-order valence-corrected chi connectivity index (χ0v) is 17.4. The minimum Gasteiger partial charge on any atom is -0.222 e. The summed E-state index contributed by atoms with van der Waals surface area (Å²) in [5, 5.41) is 0. The largest absolute Gasteiger partial charge is 0.222 e. The molecular weight excluding hydrogens is 392 g/mol. The number of sulfone groups is 2. The van der Waals surface area contributed by atoms with Crippen LogP contribution < -0.4 is 0 Å². The lowest BCUT2D eigenvalue weighted by Crippen LogP contribution is -2.44. The van der Waals surface area contributed by atoms with E-state index in [4.69, 9.17) is 0 Å². The van der Waals surface area contributed by atoms with Gasteiger partial charge in [0, 0.05) is 0 Å². The van der Waals surface area contributed by atoms with Crippen LogP contribution in [0.2, 0.25) is 0 Å². The van der Waals surface area contributed by atoms with Gasteiger partial charge in [0.1, 0.15) is 0 Å². The van der Waals surface area contributed by atoms with Crippen molar-refractivity contribution in [3.8, 4) is 0 Å². The van der Waals surface area contributed by atoms with E-state index in [1.807, 2.05) is 6.92 Å². The third-order valence-corrected chi connectivity index (χ3v) is 11.3. The molecule has 1 saturated carbocycles. The highest BCUT2D eigenvalue weighted by Gasteiger charge is 2.62. The predicted octanol–water partition coefficient (Wildman–Crippen LogP) is 4.42. The van der Waals surface area contributed by atoms with E-state index in [1.165, 1.54) is 24.3 Å². The topological polar surface area (TPSA) is 68.3 Å². The van der Waals surface area contributed by atoms with Crippen LogP contribution in [0, 0.1) is 11.8 Å². The van der Waals surface area contributed by atoms with Gasteiger partial charge in [-0.15, -0.1) is 6.58 Å². The lowest BCUT2D eigenvalue weighted by molar-refractivity contribution is 0.529. The molecule has 0 aromatic heterocycles. The van der Waals surface area contributed by atoms with Crippen molar-refractivity contribution in [3.05, 3.63) is 85.5 Å². The summed E-state index contributed by atoms with van der Waals surface area (Å²) in [6, 6.07) is 15.6. The fraction of sp³-hybridized carbons (Fsp3) is 0.273. The Hall–Kier alpha value is -2.18. The molecule has 1 aliphatic carbocycles. The molecular formula is C22H24O4S2. The molecule has 3 rings (SSSR count). The highest BCUT2D eigenvalue weighted by atomic mass is 32.3. The molecule has 0 unspecified atom stereocenters. The van der Waals surface area contributed by atoms with Gasteiger partial charge in [0.2, 0.25) is 0 Å². The predicted molar refractivity (Wildman–Crippen MR) is 111 cm³/mol. The maximum absolute atomic E-state index is 13.8. The number of rotatable bonds is 6. The van der Waals surface area contributed by atoms with Crippen LogP contribution in [0.5, 0.6) is 0 Å². The van der Waals surface area contributed by atoms with Gasteiger partial charge in [0.25, 0.3) is 0 Å². The van der Waals surface area contributed by atoms with E-state index >= 15 is 0 Å². The second kappa shape index (κ2) is 7.33. The van der Waals surface area contributed by atoms with Gasteiger partial charge >= 0.3 is 0 Å². The van der Waals surface area contributed by atoms with E-state index in [2.05, 4.69) is 13.2 Å². The molecule has 2 atom stereocenters. The summed E-state index contributed by atoms with van der Waals surface area (Å²) in [5.74, 6) is -0.552. The average molecular weight is 417 g/mol. The van der Waals surface area contributed by atoms with Crippen LogP contribution in [0.3, 0.4) is 0 Å². The molecule has 1 aliphatic rings. The summed E-state index contributed by atoms with van der Waals surface area (Å²) in [5.41, 5.74) is 0.762. The molecule has 0 bridgehead atoms. The van der Waals surface area contributed by atoms with Gasteiger partial charge in [-0.25, -0.2) is 16.8 Å². The maximum Gasteiger partial charge on any atom is 0.198 e. The molecule has 28 heavy (non-hydrogen) atoms. The van der Waals surface area contributed by atoms with Crippen LogP contribution in [0.25, 0.3) is 0 Å². The number of hydrogen-bond acceptors (Lipinski definition) is 4. The van der Waals surface area contributed by atoms with Crippen molar-refractivity contribution in [3.63, 3.8) is 0 Å². The van der Waals surface area contributed by atoms with Crippen LogP contribution in [-0.4, -0.2) is 20.9 Å². The molecule has 2 aromatic carbocycles. The monoisotopic (exact) mass is 416 g/mol. The van der Waals surface area contributed by atoms with Gasteiger partial charge in [-0.1, -0.05) is 54.6 Å². The van der Waals surface area contributed by atoms with E-state index in [-0.39, 0.29) is 34.5 Å². The molecule has 0 radical (unpaired) electrons. The summed E-state index contributed by atoms with van der Waals surface area (Å²) in [7, 11) is -8.38. The Morgan fingerprint density at radius 2 is 1.32 bits per heavy atom. The highest BCUT2D eigenvalue weighted by Crippen LogP contribution is 2.53. The second-order valence-electron chi connectivity index (χ2n) is 7.30. The van der Waals surface area contributed by atoms with Crippen molar-refractivity contribution in [2.75, 3.05) is 0 Å². The van der Waals surface area contributed by atoms with E-state index < -0.39 is 23.8 Å². The van der Waals surface area contributed by atoms with Crippen molar-refractivity contribution in [1.29, 1.82) is 0 Å². The Bertz CT molecular complexity index is 1020. The van der Waals surface area contributed by atoms with Gasteiger partial charge in [-0.05, 0) is 55.9 Å². The molecule has 0 aliphatic heterocycles. The van der Waals surface area contributed by atoms with Crippen LogP contribution in [0.1, 0.15) is 19.8 Å². The molecule has 0 heterocycles. The molecule has 0 amide bonds. The molecule has 148 valence electrons. The van der Waals surface area contributed by atoms with Gasteiger partial charge < -0.3 is 0 Å². The Morgan fingerprint density at radius 3 is 1.64 bits per heavy atom. The number of allylic oxidation sites excluding steroid dienone is 2. The molecule has 0 saturated heterocycles. The molecule has 0 N–H and O–H groups in total. The molecule has 1 fully saturated rings. The quantitative estimate of drug-likeness (QED) is 0.654. The standard InChI is InChI=1S/C22H24O4S2/c1-4-18-15-22(16-21(18)17(2)3,27(23,24)19-11-7-5-8-12-19)28(25,26)20-13-9-6-10-14-20/h4-14,18,21H,1-2,15-16H2,3H3/t18-,21-/m0/s1. The van der Waals surface area contributed by atoms with Gasteiger partial charge in [0.15, 0.2) is 23.8 Å². The van der Waals surface area contributed by atoms with Gasteiger partial charge in [0.05, 0.1) is 9.79 Å². The Balaban J connectivity index is 2.31. The van der Waals surface area contributed by atoms with Crippen LogP contribution >= 0.6 is 0 Å². The summed E-state index contributed by atoms with van der Waals surface area (Å²) in [6.45, 7) is 9.60. The van der Waals surface area contributed by atoms with Crippen molar-refractivity contribution in [1.82, 2.24) is 0 Å². The van der Waals surface area contributed by atoms with Gasteiger partial charge in [-0.3, -0.25) is 0 Å². The fourth-order valence-electron chi connectivity index (χ4n) is 4.07. The molecule has 0 spiro atoms. The fourth-order valence-corrected chi connectivity index (χ4v) is 9.32. The number of benzene rings is 2. The van der Waals surface area contributed by atoms with E-state index in [0.717, 1.165) is 5.57 Å². The average Bonchev–Trinajstić information content (AvgIpc) is 3.12. The third kappa shape index (κ3) is 3.05. The second-order valence-corrected chi connectivity index (χ2v) is 12.1. The maximum atomic E-state index is 13.8. The SMILES string of the molecule is C=C[C@H]1CC(S(=O)(=O)c2ccccc2)(S(=O)(=O)c2ccccc2)C[C@H]1C(=C)C. The van der Waals surface area contributed by atoms with E-state index in [1.54, 1.807) is 42.5 Å². The molecule has 2 aromatic rings. The third-order valence-electron chi connectivity index (χ3n) is 5.62. The minimum atomic E-state index is -4.19. The zero-order chi connectivity index (χ0) is 20.6. The highest BCUT2D eigenvalue weighted by molar-refractivity contribution is 8.10. The van der Waals surface area contributed by atoms with Gasteiger partial charge in [-0.2, -0.15) is 0 Å². The summed E-state index contributed by atoms with van der Waals surface area (Å²) < 4.78 is 53.1. The smallest absolute Gasteiger partial charge is 0.198 e. The lowest BCUT2D eigenvalue weighted by Gasteiger charge is -2.29. The normalized spacial score (nSPS) is 21.9. The Labute approximate surface area is 167 Å². The first kappa shape index (κ1) is 20.6. The van der Waals surface area contributed by atoms with Crippen molar-refractivity contribution >= 4 is 19.7 Å². The van der Waals surface area contributed by atoms with E-state index in [9.17, 15) is 16.8 Å². The first-order valence-electron chi connectivity index (χ1n) is 9.05. The van der Waals surface area contributed by atoms with Crippen LogP contribution in [-0.2, 0) is 19.7 Å². The molecule has 6 heteroatoms. The first-order chi connectivity index (χ1) is 13.2.